The lowest BCUT2D eigenvalue weighted by atomic mass is 10.2. The van der Waals surface area contributed by atoms with Crippen molar-refractivity contribution in [2.45, 2.75) is 26.2 Å². The molecule has 6 nitrogen and oxygen atoms in total. The summed E-state index contributed by atoms with van der Waals surface area (Å²) in [7, 11) is 0. The van der Waals surface area contributed by atoms with Crippen molar-refractivity contribution in [2.24, 2.45) is 5.92 Å². The molecule has 1 aromatic carbocycles. The van der Waals surface area contributed by atoms with Crippen molar-refractivity contribution in [3.05, 3.63) is 28.3 Å². The van der Waals surface area contributed by atoms with Crippen molar-refractivity contribution in [3.63, 3.8) is 0 Å². The fourth-order valence-corrected chi connectivity index (χ4v) is 1.98. The second-order valence-electron chi connectivity index (χ2n) is 5.20. The van der Waals surface area contributed by atoms with Gasteiger partial charge in [0, 0.05) is 37.6 Å². The van der Waals surface area contributed by atoms with Crippen molar-refractivity contribution in [1.29, 1.82) is 0 Å². The van der Waals surface area contributed by atoms with Gasteiger partial charge in [-0.2, -0.15) is 0 Å². The molecule has 0 bridgehead atoms. The number of rotatable bonds is 10. The number of ether oxygens (including phenoxy) is 2. The Labute approximate surface area is 124 Å². The van der Waals surface area contributed by atoms with Gasteiger partial charge in [-0.3, -0.25) is 10.1 Å². The van der Waals surface area contributed by atoms with Crippen LogP contribution in [-0.4, -0.2) is 31.3 Å². The first-order valence-corrected chi connectivity index (χ1v) is 7.43. The predicted octanol–water partition coefficient (Wildman–Crippen LogP) is 3.22. The molecule has 1 N–H and O–H groups in total. The second kappa shape index (κ2) is 7.83. The van der Waals surface area contributed by atoms with Crippen LogP contribution in [0.1, 0.15) is 26.2 Å². The van der Waals surface area contributed by atoms with Crippen LogP contribution in [0, 0.1) is 16.0 Å². The molecule has 1 aliphatic rings. The number of nitro benzene ring substituents is 1. The predicted molar refractivity (Wildman–Crippen MR) is 80.9 cm³/mol. The van der Waals surface area contributed by atoms with Gasteiger partial charge in [0.15, 0.2) is 0 Å². The van der Waals surface area contributed by atoms with Crippen LogP contribution in [0.3, 0.4) is 0 Å². The van der Waals surface area contributed by atoms with Crippen molar-refractivity contribution in [2.75, 3.05) is 31.7 Å². The third kappa shape index (κ3) is 5.59. The van der Waals surface area contributed by atoms with Gasteiger partial charge in [-0.15, -0.1) is 0 Å². The zero-order chi connectivity index (χ0) is 15.1. The minimum atomic E-state index is -0.410. The summed E-state index contributed by atoms with van der Waals surface area (Å²) in [5, 5.41) is 14.1. The number of nitrogens with zero attached hydrogens (tertiary/aromatic N) is 1. The van der Waals surface area contributed by atoms with Gasteiger partial charge in [-0.05, 0) is 32.1 Å². The van der Waals surface area contributed by atoms with Crippen LogP contribution in [-0.2, 0) is 4.74 Å². The largest absolute Gasteiger partial charge is 0.494 e. The van der Waals surface area contributed by atoms with Gasteiger partial charge in [-0.1, -0.05) is 0 Å². The quantitative estimate of drug-likeness (QED) is 0.407. The summed E-state index contributed by atoms with van der Waals surface area (Å²) in [4.78, 5) is 10.5. The van der Waals surface area contributed by atoms with E-state index in [2.05, 4.69) is 5.32 Å². The van der Waals surface area contributed by atoms with Crippen LogP contribution in [0.5, 0.6) is 5.75 Å². The van der Waals surface area contributed by atoms with Crippen LogP contribution < -0.4 is 10.1 Å². The Morgan fingerprint density at radius 1 is 1.38 bits per heavy atom. The van der Waals surface area contributed by atoms with Gasteiger partial charge in [0.1, 0.15) is 5.75 Å². The molecule has 0 spiro atoms. The standard InChI is InChI=1S/C15H22N2O4/c1-2-21-15-9-13(8-14(10-15)17(18)19)16-6-3-7-20-11-12-4-5-12/h8-10,12,16H,2-7,11H2,1H3. The summed E-state index contributed by atoms with van der Waals surface area (Å²) >= 11 is 0. The highest BCUT2D eigenvalue weighted by Crippen LogP contribution is 2.29. The van der Waals surface area contributed by atoms with Gasteiger partial charge in [0.25, 0.3) is 5.69 Å². The molecule has 0 atom stereocenters. The maximum absolute atomic E-state index is 10.9. The molecule has 116 valence electrons. The monoisotopic (exact) mass is 294 g/mol. The molecule has 1 fully saturated rings. The maximum atomic E-state index is 10.9. The number of nitrogens with one attached hydrogen (secondary N) is 1. The van der Waals surface area contributed by atoms with Crippen LogP contribution in [0.15, 0.2) is 18.2 Å². The van der Waals surface area contributed by atoms with Crippen LogP contribution in [0.2, 0.25) is 0 Å². The highest BCUT2D eigenvalue weighted by Gasteiger charge is 2.20. The molecule has 0 aliphatic heterocycles. The molecule has 1 aromatic rings. The lowest BCUT2D eigenvalue weighted by molar-refractivity contribution is -0.384. The SMILES string of the molecule is CCOc1cc(NCCCOCC2CC2)cc([N+](=O)[O-])c1. The maximum Gasteiger partial charge on any atom is 0.275 e. The second-order valence-corrected chi connectivity index (χ2v) is 5.20. The smallest absolute Gasteiger partial charge is 0.275 e. The van der Waals surface area contributed by atoms with Gasteiger partial charge in [0.05, 0.1) is 17.6 Å². The number of hydrogen-bond acceptors (Lipinski definition) is 5. The summed E-state index contributed by atoms with van der Waals surface area (Å²) in [6, 6.07) is 4.74. The Balaban J connectivity index is 1.78. The minimum Gasteiger partial charge on any atom is -0.494 e. The molecular formula is C15H22N2O4. The highest BCUT2D eigenvalue weighted by molar-refractivity contribution is 5.56. The molecule has 21 heavy (non-hydrogen) atoms. The number of anilines is 1. The van der Waals surface area contributed by atoms with Crippen LogP contribution >= 0.6 is 0 Å². The average Bonchev–Trinajstić information content (AvgIpc) is 3.27. The van der Waals surface area contributed by atoms with Crippen molar-refractivity contribution in [1.82, 2.24) is 0 Å². The zero-order valence-electron chi connectivity index (χ0n) is 12.3. The van der Waals surface area contributed by atoms with Crippen molar-refractivity contribution in [3.8, 4) is 5.75 Å². The number of hydrogen-bond donors (Lipinski definition) is 1. The van der Waals surface area contributed by atoms with Crippen LogP contribution in [0.25, 0.3) is 0 Å². The third-order valence-corrected chi connectivity index (χ3v) is 3.26. The Bertz CT molecular complexity index is 475. The van der Waals surface area contributed by atoms with Gasteiger partial charge in [0.2, 0.25) is 0 Å². The first-order chi connectivity index (χ1) is 10.2. The molecule has 0 heterocycles. The molecule has 2 rings (SSSR count). The highest BCUT2D eigenvalue weighted by atomic mass is 16.6. The number of non-ortho nitro benzene ring substituents is 1. The Hall–Kier alpha value is -1.82. The summed E-state index contributed by atoms with van der Waals surface area (Å²) < 4.78 is 10.9. The summed E-state index contributed by atoms with van der Waals surface area (Å²) in [6.45, 7) is 4.64. The molecule has 0 amide bonds. The molecule has 1 aliphatic carbocycles. The lowest BCUT2D eigenvalue weighted by Crippen LogP contribution is -2.07. The summed E-state index contributed by atoms with van der Waals surface area (Å²) in [5.41, 5.74) is 0.739. The average molecular weight is 294 g/mol. The normalized spacial score (nSPS) is 14.0. The molecule has 0 saturated heterocycles. The fraction of sp³-hybridized carbons (Fsp3) is 0.600. The summed E-state index contributed by atoms with van der Waals surface area (Å²) in [5.74, 6) is 1.29. The van der Waals surface area contributed by atoms with E-state index in [4.69, 9.17) is 9.47 Å². The lowest BCUT2D eigenvalue weighted by Gasteiger charge is -2.09. The molecule has 0 unspecified atom stereocenters. The molecule has 6 heteroatoms. The van der Waals surface area contributed by atoms with E-state index in [0.717, 1.165) is 32.1 Å². The van der Waals surface area contributed by atoms with Gasteiger partial charge in [-0.25, -0.2) is 0 Å². The zero-order valence-corrected chi connectivity index (χ0v) is 12.3. The van der Waals surface area contributed by atoms with E-state index < -0.39 is 4.92 Å². The van der Waals surface area contributed by atoms with Crippen molar-refractivity contribution >= 4 is 11.4 Å². The van der Waals surface area contributed by atoms with E-state index in [-0.39, 0.29) is 5.69 Å². The number of benzene rings is 1. The van der Waals surface area contributed by atoms with Gasteiger partial charge < -0.3 is 14.8 Å². The van der Waals surface area contributed by atoms with E-state index >= 15 is 0 Å². The number of nitro groups is 1. The van der Waals surface area contributed by atoms with Crippen molar-refractivity contribution < 1.29 is 14.4 Å². The first-order valence-electron chi connectivity index (χ1n) is 7.43. The van der Waals surface area contributed by atoms with E-state index in [1.165, 1.54) is 25.0 Å². The Morgan fingerprint density at radius 2 is 2.19 bits per heavy atom. The Kier molecular flexibility index (Phi) is 5.80. The first kappa shape index (κ1) is 15.6. The fourth-order valence-electron chi connectivity index (χ4n) is 1.98. The molecular weight excluding hydrogens is 272 g/mol. The van der Waals surface area contributed by atoms with E-state index in [1.54, 1.807) is 6.07 Å². The molecule has 1 saturated carbocycles. The minimum absolute atomic E-state index is 0.0356. The Morgan fingerprint density at radius 3 is 2.86 bits per heavy atom. The van der Waals surface area contributed by atoms with E-state index in [1.807, 2.05) is 6.92 Å². The topological polar surface area (TPSA) is 73.6 Å². The van der Waals surface area contributed by atoms with E-state index in [9.17, 15) is 10.1 Å². The van der Waals surface area contributed by atoms with Gasteiger partial charge >= 0.3 is 0 Å². The summed E-state index contributed by atoms with van der Waals surface area (Å²) in [6.07, 6.45) is 3.47. The third-order valence-electron chi connectivity index (χ3n) is 3.26. The molecule has 0 radical (unpaired) electrons. The van der Waals surface area contributed by atoms with Crippen LogP contribution in [0.4, 0.5) is 11.4 Å². The molecule has 0 aromatic heterocycles. The van der Waals surface area contributed by atoms with E-state index in [0.29, 0.717) is 18.0 Å².